The number of hydrogen-bond donors (Lipinski definition) is 1. The summed E-state index contributed by atoms with van der Waals surface area (Å²) >= 11 is 0. The first kappa shape index (κ1) is 23.4. The molecule has 2 amide bonds. The number of methoxy groups -OCH3 is 2. The van der Waals surface area contributed by atoms with Crippen LogP contribution in [-0.2, 0) is 9.59 Å². The number of nitrogens with zero attached hydrogens (tertiary/aromatic N) is 1. The number of rotatable bonds is 7. The van der Waals surface area contributed by atoms with Crippen LogP contribution in [0, 0.1) is 5.92 Å². The molecule has 0 radical (unpaired) electrons. The maximum Gasteiger partial charge on any atom is 0.227 e. The zero-order chi connectivity index (χ0) is 24.1. The van der Waals surface area contributed by atoms with Crippen LogP contribution in [0.25, 0.3) is 0 Å². The summed E-state index contributed by atoms with van der Waals surface area (Å²) in [5.74, 6) is 0.796. The van der Waals surface area contributed by atoms with Crippen LogP contribution in [0.15, 0.2) is 78.9 Å². The zero-order valence-electron chi connectivity index (χ0n) is 19.7. The third-order valence-electron chi connectivity index (χ3n) is 6.40. The number of piperidine rings is 1. The Morgan fingerprint density at radius 2 is 1.62 bits per heavy atom. The van der Waals surface area contributed by atoms with E-state index in [1.807, 2.05) is 85.8 Å². The summed E-state index contributed by atoms with van der Waals surface area (Å²) in [5.41, 5.74) is 2.56. The van der Waals surface area contributed by atoms with Gasteiger partial charge in [-0.25, -0.2) is 0 Å². The monoisotopic (exact) mass is 458 g/mol. The number of benzene rings is 3. The number of anilines is 1. The fourth-order valence-corrected chi connectivity index (χ4v) is 4.63. The van der Waals surface area contributed by atoms with Gasteiger partial charge in [0.15, 0.2) is 0 Å². The van der Waals surface area contributed by atoms with Crippen molar-refractivity contribution >= 4 is 17.5 Å². The lowest BCUT2D eigenvalue weighted by Crippen LogP contribution is -2.48. The molecule has 3 aromatic carbocycles. The third-order valence-corrected chi connectivity index (χ3v) is 6.40. The third kappa shape index (κ3) is 4.76. The highest BCUT2D eigenvalue weighted by molar-refractivity contribution is 5.97. The van der Waals surface area contributed by atoms with Crippen LogP contribution < -0.4 is 19.7 Å². The second kappa shape index (κ2) is 10.4. The molecule has 0 saturated carbocycles. The number of amides is 2. The summed E-state index contributed by atoms with van der Waals surface area (Å²) in [4.78, 5) is 28.6. The molecule has 3 atom stereocenters. The van der Waals surface area contributed by atoms with Gasteiger partial charge in [-0.05, 0) is 49.2 Å². The van der Waals surface area contributed by atoms with Crippen molar-refractivity contribution in [3.05, 3.63) is 90.0 Å². The molecule has 1 aliphatic rings. The molecule has 6 heteroatoms. The Labute approximate surface area is 200 Å². The Morgan fingerprint density at radius 1 is 0.941 bits per heavy atom. The predicted octanol–water partition coefficient (Wildman–Crippen LogP) is 5.07. The molecule has 34 heavy (non-hydrogen) atoms. The van der Waals surface area contributed by atoms with Gasteiger partial charge in [-0.1, -0.05) is 48.5 Å². The summed E-state index contributed by atoms with van der Waals surface area (Å²) in [5, 5.41) is 3.17. The van der Waals surface area contributed by atoms with Crippen molar-refractivity contribution in [3.63, 3.8) is 0 Å². The van der Waals surface area contributed by atoms with E-state index in [1.165, 1.54) is 0 Å². The number of carbonyl (C=O) groups excluding carboxylic acids is 2. The average molecular weight is 459 g/mol. The van der Waals surface area contributed by atoms with Crippen molar-refractivity contribution in [2.24, 2.45) is 5.92 Å². The van der Waals surface area contributed by atoms with Gasteiger partial charge >= 0.3 is 0 Å². The second-order valence-electron chi connectivity index (χ2n) is 8.43. The van der Waals surface area contributed by atoms with E-state index in [1.54, 1.807) is 19.1 Å². The fourth-order valence-electron chi connectivity index (χ4n) is 4.63. The molecule has 6 nitrogen and oxygen atoms in total. The van der Waals surface area contributed by atoms with Gasteiger partial charge in [0.25, 0.3) is 0 Å². The largest absolute Gasteiger partial charge is 0.497 e. The van der Waals surface area contributed by atoms with Crippen molar-refractivity contribution < 1.29 is 19.1 Å². The summed E-state index contributed by atoms with van der Waals surface area (Å²) < 4.78 is 10.9. The number of para-hydroxylation sites is 1. The molecule has 0 spiro atoms. The summed E-state index contributed by atoms with van der Waals surface area (Å²) in [6, 6.07) is 24.1. The Hall–Kier alpha value is -3.80. The molecule has 176 valence electrons. The highest BCUT2D eigenvalue weighted by Gasteiger charge is 2.42. The number of nitrogens with one attached hydrogen (secondary N) is 1. The SMILES string of the molecule is COc1ccc(N2C(=O)CC[C@H](C(=O)N[C@H](C)c3ccccc3)[C@@H]2c2ccccc2OC)cc1. The number of ether oxygens (including phenoxy) is 2. The van der Waals surface area contributed by atoms with Crippen molar-refractivity contribution in [2.45, 2.75) is 31.8 Å². The standard InChI is InChI=1S/C28H30N2O4/c1-19(20-9-5-4-6-10-20)29-28(32)24-17-18-26(31)30(21-13-15-22(33-2)16-14-21)27(24)23-11-7-8-12-25(23)34-3/h4-16,19,24,27H,17-18H2,1-3H3,(H,29,32)/t19-,24+,27+/m1/s1. The molecule has 1 aliphatic heterocycles. The minimum atomic E-state index is -0.506. The van der Waals surface area contributed by atoms with Gasteiger partial charge in [0.05, 0.1) is 32.2 Å². The fraction of sp³-hybridized carbons (Fsp3) is 0.286. The number of hydrogen-bond acceptors (Lipinski definition) is 4. The molecule has 0 aromatic heterocycles. The molecule has 1 heterocycles. The van der Waals surface area contributed by atoms with Gasteiger partial charge in [0, 0.05) is 17.7 Å². The Balaban J connectivity index is 1.73. The van der Waals surface area contributed by atoms with Crippen LogP contribution in [-0.4, -0.2) is 26.0 Å². The van der Waals surface area contributed by atoms with Crippen molar-refractivity contribution in [3.8, 4) is 11.5 Å². The lowest BCUT2D eigenvalue weighted by molar-refractivity contribution is -0.129. The van der Waals surface area contributed by atoms with E-state index in [0.717, 1.165) is 16.8 Å². The topological polar surface area (TPSA) is 67.9 Å². The van der Waals surface area contributed by atoms with Gasteiger partial charge in [-0.2, -0.15) is 0 Å². The lowest BCUT2D eigenvalue weighted by atomic mass is 9.82. The minimum absolute atomic E-state index is 0.0266. The van der Waals surface area contributed by atoms with E-state index in [-0.39, 0.29) is 24.3 Å². The van der Waals surface area contributed by atoms with Gasteiger partial charge in [-0.3, -0.25) is 9.59 Å². The summed E-state index contributed by atoms with van der Waals surface area (Å²) in [6.07, 6.45) is 0.747. The van der Waals surface area contributed by atoms with Crippen molar-refractivity contribution in [2.75, 3.05) is 19.1 Å². The quantitative estimate of drug-likeness (QED) is 0.537. The van der Waals surface area contributed by atoms with Gasteiger partial charge in [-0.15, -0.1) is 0 Å². The summed E-state index contributed by atoms with van der Waals surface area (Å²) in [7, 11) is 3.21. The summed E-state index contributed by atoms with van der Waals surface area (Å²) in [6.45, 7) is 1.97. The molecule has 0 aliphatic carbocycles. The lowest BCUT2D eigenvalue weighted by Gasteiger charge is -2.41. The van der Waals surface area contributed by atoms with E-state index < -0.39 is 12.0 Å². The van der Waals surface area contributed by atoms with Gasteiger partial charge in [0.2, 0.25) is 11.8 Å². The molecule has 0 bridgehead atoms. The smallest absolute Gasteiger partial charge is 0.227 e. The first-order chi connectivity index (χ1) is 16.5. The van der Waals surface area contributed by atoms with Crippen LogP contribution in [0.5, 0.6) is 11.5 Å². The molecule has 1 saturated heterocycles. The first-order valence-electron chi connectivity index (χ1n) is 11.5. The average Bonchev–Trinajstić information content (AvgIpc) is 2.89. The van der Waals surface area contributed by atoms with Crippen molar-refractivity contribution in [1.29, 1.82) is 0 Å². The van der Waals surface area contributed by atoms with E-state index in [2.05, 4.69) is 5.32 Å². The normalized spacial score (nSPS) is 18.8. The van der Waals surface area contributed by atoms with E-state index in [0.29, 0.717) is 17.9 Å². The zero-order valence-corrected chi connectivity index (χ0v) is 19.7. The van der Waals surface area contributed by atoms with Crippen LogP contribution >= 0.6 is 0 Å². The Bertz CT molecular complexity index is 1130. The van der Waals surface area contributed by atoms with Crippen LogP contribution in [0.1, 0.15) is 43.0 Å². The highest BCUT2D eigenvalue weighted by atomic mass is 16.5. The van der Waals surface area contributed by atoms with E-state index in [9.17, 15) is 9.59 Å². The predicted molar refractivity (Wildman–Crippen MR) is 132 cm³/mol. The highest BCUT2D eigenvalue weighted by Crippen LogP contribution is 2.43. The van der Waals surface area contributed by atoms with Crippen LogP contribution in [0.3, 0.4) is 0 Å². The first-order valence-corrected chi connectivity index (χ1v) is 11.5. The molecular formula is C28H30N2O4. The molecular weight excluding hydrogens is 428 g/mol. The van der Waals surface area contributed by atoms with E-state index >= 15 is 0 Å². The second-order valence-corrected chi connectivity index (χ2v) is 8.43. The van der Waals surface area contributed by atoms with Gasteiger partial charge in [0.1, 0.15) is 11.5 Å². The molecule has 4 rings (SSSR count). The molecule has 0 unspecified atom stereocenters. The molecule has 3 aromatic rings. The molecule has 1 fully saturated rings. The van der Waals surface area contributed by atoms with Crippen LogP contribution in [0.4, 0.5) is 5.69 Å². The molecule has 1 N–H and O–H groups in total. The Morgan fingerprint density at radius 3 is 2.29 bits per heavy atom. The van der Waals surface area contributed by atoms with E-state index in [4.69, 9.17) is 9.47 Å². The van der Waals surface area contributed by atoms with Gasteiger partial charge < -0.3 is 19.7 Å². The van der Waals surface area contributed by atoms with Crippen LogP contribution in [0.2, 0.25) is 0 Å². The number of carbonyl (C=O) groups is 2. The minimum Gasteiger partial charge on any atom is -0.497 e. The Kier molecular flexibility index (Phi) is 7.16. The maximum absolute atomic E-state index is 13.6. The van der Waals surface area contributed by atoms with Crippen molar-refractivity contribution in [1.82, 2.24) is 5.32 Å². The maximum atomic E-state index is 13.6.